The molecule has 6 rings (SSSR count). The van der Waals surface area contributed by atoms with E-state index in [1.807, 2.05) is 12.1 Å². The Labute approximate surface area is 269 Å². The summed E-state index contributed by atoms with van der Waals surface area (Å²) in [6, 6.07) is 25.1. The van der Waals surface area contributed by atoms with Crippen molar-refractivity contribution in [3.63, 3.8) is 0 Å². The Morgan fingerprint density at radius 2 is 0.955 bits per heavy atom. The van der Waals surface area contributed by atoms with E-state index in [-0.39, 0.29) is 11.5 Å². The molecule has 0 fully saturated rings. The zero-order valence-corrected chi connectivity index (χ0v) is 27.5. The molecule has 0 radical (unpaired) electrons. The van der Waals surface area contributed by atoms with Crippen LogP contribution >= 0.6 is 22.7 Å². The largest absolute Gasteiger partial charge is 0.507 e. The summed E-state index contributed by atoms with van der Waals surface area (Å²) >= 11 is 3.60. The van der Waals surface area contributed by atoms with Gasteiger partial charge in [0, 0.05) is 20.9 Å². The normalized spacial score (nSPS) is 11.6. The van der Waals surface area contributed by atoms with E-state index in [4.69, 9.17) is 0 Å². The Hall–Kier alpha value is -3.60. The first kappa shape index (κ1) is 30.4. The van der Waals surface area contributed by atoms with E-state index < -0.39 is 0 Å². The van der Waals surface area contributed by atoms with Gasteiger partial charge in [-0.25, -0.2) is 0 Å². The lowest BCUT2D eigenvalue weighted by molar-refractivity contribution is 0.470. The van der Waals surface area contributed by atoms with Crippen molar-refractivity contribution < 1.29 is 10.2 Å². The number of thiophene rings is 2. The number of aromatic hydroxyl groups is 2. The molecule has 0 bridgehead atoms. The van der Waals surface area contributed by atoms with Gasteiger partial charge in [0.25, 0.3) is 0 Å². The molecular formula is C40H42O2S2. The molecule has 226 valence electrons. The lowest BCUT2D eigenvalue weighted by atomic mass is 9.90. The molecule has 44 heavy (non-hydrogen) atoms. The maximum Gasteiger partial charge on any atom is 0.124 e. The van der Waals surface area contributed by atoms with E-state index in [0.717, 1.165) is 34.4 Å². The Kier molecular flexibility index (Phi) is 9.69. The van der Waals surface area contributed by atoms with Crippen LogP contribution in [0.4, 0.5) is 0 Å². The molecular weight excluding hydrogens is 577 g/mol. The standard InChI is InChI=1S/C40H42O2S2/c1-3-5-7-9-11-27-21-23-43-39(27)31-13-17-33-29(25-31)15-19-35(41)37(33)38-34-18-14-32(26-30(34)16-20-36(38)42)40-28(22-24-44-40)12-10-8-6-4-2/h13-26,41-42H,3-12H2,1-2H3. The van der Waals surface area contributed by atoms with Crippen LogP contribution in [0, 0.1) is 0 Å². The summed E-state index contributed by atoms with van der Waals surface area (Å²) in [4.78, 5) is 2.66. The van der Waals surface area contributed by atoms with Gasteiger partial charge in [0.05, 0.1) is 0 Å². The maximum atomic E-state index is 11.2. The number of phenolic OH excluding ortho intramolecular Hbond substituents is 2. The van der Waals surface area contributed by atoms with Crippen molar-refractivity contribution in [3.05, 3.63) is 94.7 Å². The van der Waals surface area contributed by atoms with E-state index in [0.29, 0.717) is 11.1 Å². The number of benzene rings is 4. The number of unbranched alkanes of at least 4 members (excludes halogenated alkanes) is 6. The molecule has 0 saturated carbocycles. The molecule has 0 saturated heterocycles. The average molecular weight is 619 g/mol. The third-order valence-electron chi connectivity index (χ3n) is 8.86. The predicted molar refractivity (Wildman–Crippen MR) is 193 cm³/mol. The van der Waals surface area contributed by atoms with Gasteiger partial charge >= 0.3 is 0 Å². The summed E-state index contributed by atoms with van der Waals surface area (Å²) in [5.41, 5.74) is 6.63. The molecule has 2 N–H and O–H groups in total. The lowest BCUT2D eigenvalue weighted by Gasteiger charge is -2.16. The van der Waals surface area contributed by atoms with E-state index >= 15 is 0 Å². The first-order chi connectivity index (χ1) is 21.6. The third-order valence-corrected chi connectivity index (χ3v) is 10.9. The smallest absolute Gasteiger partial charge is 0.124 e. The molecule has 0 aliphatic carbocycles. The molecule has 0 spiro atoms. The summed E-state index contributed by atoms with van der Waals surface area (Å²) in [5, 5.41) is 30.9. The highest BCUT2D eigenvalue weighted by Gasteiger charge is 2.19. The van der Waals surface area contributed by atoms with Crippen molar-refractivity contribution in [2.45, 2.75) is 78.1 Å². The fourth-order valence-corrected chi connectivity index (χ4v) is 8.41. The summed E-state index contributed by atoms with van der Waals surface area (Å²) in [7, 11) is 0. The van der Waals surface area contributed by atoms with Gasteiger partial charge < -0.3 is 10.2 Å². The Morgan fingerprint density at radius 3 is 1.39 bits per heavy atom. The van der Waals surface area contributed by atoms with E-state index in [9.17, 15) is 10.2 Å². The first-order valence-corrected chi connectivity index (χ1v) is 18.0. The van der Waals surface area contributed by atoms with Crippen LogP contribution in [-0.4, -0.2) is 10.2 Å². The van der Waals surface area contributed by atoms with Gasteiger partial charge in [-0.2, -0.15) is 0 Å². The van der Waals surface area contributed by atoms with Crippen LogP contribution in [0.5, 0.6) is 11.5 Å². The van der Waals surface area contributed by atoms with Crippen molar-refractivity contribution in [2.75, 3.05) is 0 Å². The summed E-state index contributed by atoms with van der Waals surface area (Å²) < 4.78 is 0. The van der Waals surface area contributed by atoms with Crippen LogP contribution in [-0.2, 0) is 12.8 Å². The molecule has 0 aliphatic rings. The van der Waals surface area contributed by atoms with Crippen LogP contribution in [0.1, 0.15) is 76.3 Å². The molecule has 0 atom stereocenters. The topological polar surface area (TPSA) is 40.5 Å². The van der Waals surface area contributed by atoms with Gasteiger partial charge in [-0.1, -0.05) is 88.8 Å². The number of hydrogen-bond donors (Lipinski definition) is 2. The quantitative estimate of drug-likeness (QED) is 0.126. The van der Waals surface area contributed by atoms with Gasteiger partial charge in [0.15, 0.2) is 0 Å². The summed E-state index contributed by atoms with van der Waals surface area (Å²) in [5.74, 6) is 0.356. The highest BCUT2D eigenvalue weighted by molar-refractivity contribution is 7.14. The van der Waals surface area contributed by atoms with Crippen LogP contribution in [0.2, 0.25) is 0 Å². The van der Waals surface area contributed by atoms with Gasteiger partial charge in [-0.15, -0.1) is 22.7 Å². The van der Waals surface area contributed by atoms with Gasteiger partial charge in [-0.3, -0.25) is 0 Å². The van der Waals surface area contributed by atoms with Crippen molar-refractivity contribution in [3.8, 4) is 43.5 Å². The third kappa shape index (κ3) is 6.29. The molecule has 2 nitrogen and oxygen atoms in total. The Morgan fingerprint density at radius 1 is 0.500 bits per heavy atom. The minimum Gasteiger partial charge on any atom is -0.507 e. The zero-order valence-electron chi connectivity index (χ0n) is 25.9. The van der Waals surface area contributed by atoms with Crippen molar-refractivity contribution in [1.82, 2.24) is 0 Å². The second-order valence-corrected chi connectivity index (χ2v) is 13.8. The highest BCUT2D eigenvalue weighted by atomic mass is 32.1. The van der Waals surface area contributed by atoms with E-state index in [1.54, 1.807) is 34.8 Å². The van der Waals surface area contributed by atoms with Crippen LogP contribution in [0.15, 0.2) is 83.6 Å². The van der Waals surface area contributed by atoms with Crippen LogP contribution in [0.25, 0.3) is 53.6 Å². The summed E-state index contributed by atoms with van der Waals surface area (Å²) in [6.07, 6.45) is 12.3. The average Bonchev–Trinajstić information content (AvgIpc) is 3.71. The fourth-order valence-electron chi connectivity index (χ4n) is 6.50. The van der Waals surface area contributed by atoms with Crippen LogP contribution in [0.3, 0.4) is 0 Å². The van der Waals surface area contributed by atoms with Crippen molar-refractivity contribution in [1.29, 1.82) is 0 Å². The molecule has 2 heterocycles. The van der Waals surface area contributed by atoms with E-state index in [2.05, 4.69) is 73.1 Å². The number of aryl methyl sites for hydroxylation is 2. The molecule has 4 aromatic carbocycles. The molecule has 2 aromatic heterocycles. The van der Waals surface area contributed by atoms with Crippen molar-refractivity contribution >= 4 is 44.2 Å². The van der Waals surface area contributed by atoms with E-state index in [1.165, 1.54) is 83.4 Å². The predicted octanol–water partition coefficient (Wildman–Crippen LogP) is 12.8. The van der Waals surface area contributed by atoms with Crippen LogP contribution < -0.4 is 0 Å². The second kappa shape index (κ2) is 14.0. The second-order valence-electron chi connectivity index (χ2n) is 12.0. The number of phenols is 2. The maximum absolute atomic E-state index is 11.2. The monoisotopic (exact) mass is 618 g/mol. The minimum absolute atomic E-state index is 0.178. The molecule has 6 aromatic rings. The Balaban J connectivity index is 1.37. The zero-order chi connectivity index (χ0) is 30.5. The number of fused-ring (bicyclic) bond motifs is 2. The summed E-state index contributed by atoms with van der Waals surface area (Å²) in [6.45, 7) is 4.51. The van der Waals surface area contributed by atoms with Gasteiger partial charge in [0.2, 0.25) is 0 Å². The number of hydrogen-bond acceptors (Lipinski definition) is 4. The Bertz CT molecular complexity index is 1740. The SMILES string of the molecule is CCCCCCc1ccsc1-c1ccc2c(-c3c(O)ccc4cc(-c5sccc5CCCCCC)ccc34)c(O)ccc2c1. The molecule has 0 amide bonds. The van der Waals surface area contributed by atoms with Gasteiger partial charge in [0.1, 0.15) is 11.5 Å². The molecule has 0 unspecified atom stereocenters. The fraction of sp³-hybridized carbons (Fsp3) is 0.300. The molecule has 0 aliphatic heterocycles. The lowest BCUT2D eigenvalue weighted by Crippen LogP contribution is -1.90. The highest BCUT2D eigenvalue weighted by Crippen LogP contribution is 2.46. The van der Waals surface area contributed by atoms with Gasteiger partial charge in [-0.05, 0) is 117 Å². The molecule has 4 heteroatoms. The first-order valence-electron chi connectivity index (χ1n) is 16.2. The van der Waals surface area contributed by atoms with Crippen molar-refractivity contribution in [2.24, 2.45) is 0 Å². The minimum atomic E-state index is 0.178. The number of rotatable bonds is 13.